The Kier molecular flexibility index (Phi) is 4.93. The van der Waals surface area contributed by atoms with Crippen LogP contribution in [0.1, 0.15) is 23.1 Å². The first-order chi connectivity index (χ1) is 14.2. The largest absolute Gasteiger partial charge is 0.491 e. The Balaban J connectivity index is 1.42. The molecule has 2 aliphatic rings. The van der Waals surface area contributed by atoms with E-state index >= 15 is 0 Å². The lowest BCUT2D eigenvalue weighted by Gasteiger charge is -2.21. The lowest BCUT2D eigenvalue weighted by molar-refractivity contribution is -0.139. The Hall–Kier alpha value is -3.07. The number of β-amino-alcohol motifs (C(OH)–C–C–N with tert-alkyl or cyclic N) is 1. The Bertz CT molecular complexity index is 993. The summed E-state index contributed by atoms with van der Waals surface area (Å²) in [5, 5.41) is 10.2. The highest BCUT2D eigenvalue weighted by Crippen LogP contribution is 2.45. The van der Waals surface area contributed by atoms with E-state index in [9.17, 15) is 27.9 Å². The van der Waals surface area contributed by atoms with Crippen LogP contribution in [0.2, 0.25) is 0 Å². The zero-order valence-electron chi connectivity index (χ0n) is 15.7. The molecule has 1 N–H and O–H groups in total. The number of benzene rings is 2. The monoisotopic (exact) mass is 421 g/mol. The number of imide groups is 1. The fourth-order valence-corrected chi connectivity index (χ4v) is 3.83. The molecule has 1 fully saturated rings. The predicted octanol–water partition coefficient (Wildman–Crippen LogP) is 3.27. The number of hydrogen-bond donors (Lipinski definition) is 1. The molecule has 0 saturated carbocycles. The maximum atomic E-state index is 13.0. The molecule has 6 nitrogen and oxygen atoms in total. The van der Waals surface area contributed by atoms with Gasteiger partial charge in [0, 0.05) is 12.0 Å². The molecule has 2 aromatic rings. The van der Waals surface area contributed by atoms with E-state index in [1.165, 1.54) is 12.1 Å². The van der Waals surface area contributed by atoms with Crippen LogP contribution < -0.4 is 4.74 Å². The number of alkyl halides is 3. The molecule has 1 spiro atoms. The van der Waals surface area contributed by atoms with Crippen LogP contribution >= 0.6 is 0 Å². The van der Waals surface area contributed by atoms with Gasteiger partial charge < -0.3 is 14.6 Å². The molecule has 1 saturated heterocycles. The number of rotatable bonds is 5. The summed E-state index contributed by atoms with van der Waals surface area (Å²) in [5.41, 5.74) is -0.695. The average molecular weight is 421 g/mol. The Labute approximate surface area is 169 Å². The summed E-state index contributed by atoms with van der Waals surface area (Å²) in [6.45, 7) is -0.789. The van der Waals surface area contributed by atoms with Gasteiger partial charge in [0.05, 0.1) is 12.1 Å². The van der Waals surface area contributed by atoms with Gasteiger partial charge in [0.25, 0.3) is 5.91 Å². The van der Waals surface area contributed by atoms with E-state index in [2.05, 4.69) is 0 Å². The maximum Gasteiger partial charge on any atom is 0.418 e. The van der Waals surface area contributed by atoms with Gasteiger partial charge in [-0.2, -0.15) is 13.2 Å². The molecule has 0 radical (unpaired) electrons. The van der Waals surface area contributed by atoms with Gasteiger partial charge in [-0.15, -0.1) is 0 Å². The Morgan fingerprint density at radius 1 is 1.17 bits per heavy atom. The molecule has 0 bridgehead atoms. The van der Waals surface area contributed by atoms with Gasteiger partial charge in [0.15, 0.2) is 0 Å². The number of amides is 2. The molecule has 2 aromatic carbocycles. The highest BCUT2D eigenvalue weighted by molar-refractivity contribution is 6.04. The van der Waals surface area contributed by atoms with E-state index in [-0.39, 0.29) is 12.3 Å². The summed E-state index contributed by atoms with van der Waals surface area (Å²) in [6.07, 6.45) is -5.78. The molecule has 2 amide bonds. The molecule has 2 unspecified atom stereocenters. The molecule has 2 atom stereocenters. The summed E-state index contributed by atoms with van der Waals surface area (Å²) in [6, 6.07) is 11.4. The van der Waals surface area contributed by atoms with Crippen molar-refractivity contribution in [1.29, 1.82) is 0 Å². The standard InChI is InChI=1S/C21H18F3NO5/c22-21(23,24)14-5-3-6-16(10-14)29-12-15(26)11-25-18(27)20(30-19(25)28)9-8-13-4-1-2-7-17(13)20/h1-7,10,15,26H,8-9,11-12H2. The molecule has 4 rings (SSSR count). The van der Waals surface area contributed by atoms with Crippen LogP contribution in [0, 0.1) is 0 Å². The number of halogens is 3. The molecular formula is C21H18F3NO5. The first kappa shape index (κ1) is 20.2. The zero-order chi connectivity index (χ0) is 21.5. The first-order valence-corrected chi connectivity index (χ1v) is 9.32. The lowest BCUT2D eigenvalue weighted by Crippen LogP contribution is -2.42. The van der Waals surface area contributed by atoms with Crippen LogP contribution in [-0.2, 0) is 27.7 Å². The van der Waals surface area contributed by atoms with Crippen LogP contribution in [0.15, 0.2) is 48.5 Å². The minimum absolute atomic E-state index is 0.0830. The van der Waals surface area contributed by atoms with E-state index in [4.69, 9.17) is 9.47 Å². The van der Waals surface area contributed by atoms with E-state index in [1.807, 2.05) is 12.1 Å². The van der Waals surface area contributed by atoms with E-state index < -0.39 is 42.1 Å². The van der Waals surface area contributed by atoms with Gasteiger partial charge in [-0.25, -0.2) is 9.69 Å². The lowest BCUT2D eigenvalue weighted by atomic mass is 9.95. The van der Waals surface area contributed by atoms with Crippen molar-refractivity contribution in [2.24, 2.45) is 0 Å². The number of carbonyl (C=O) groups excluding carboxylic acids is 2. The summed E-state index contributed by atoms with van der Waals surface area (Å²) in [5.74, 6) is -0.643. The van der Waals surface area contributed by atoms with Crippen molar-refractivity contribution in [3.63, 3.8) is 0 Å². The molecule has 158 valence electrons. The minimum atomic E-state index is -4.52. The topological polar surface area (TPSA) is 76.1 Å². The third-order valence-electron chi connectivity index (χ3n) is 5.27. The summed E-state index contributed by atoms with van der Waals surface area (Å²) in [4.78, 5) is 26.1. The van der Waals surface area contributed by atoms with Crippen molar-refractivity contribution in [3.8, 4) is 5.75 Å². The van der Waals surface area contributed by atoms with Gasteiger partial charge in [-0.3, -0.25) is 4.79 Å². The second-order valence-electron chi connectivity index (χ2n) is 7.26. The average Bonchev–Trinajstić information content (AvgIpc) is 3.19. The van der Waals surface area contributed by atoms with E-state index in [1.54, 1.807) is 12.1 Å². The molecular weight excluding hydrogens is 403 g/mol. The van der Waals surface area contributed by atoms with Gasteiger partial charge in [0.1, 0.15) is 18.5 Å². The van der Waals surface area contributed by atoms with Crippen LogP contribution in [0.4, 0.5) is 18.0 Å². The van der Waals surface area contributed by atoms with Crippen molar-refractivity contribution < 1.29 is 37.3 Å². The number of aliphatic hydroxyl groups is 1. The third kappa shape index (κ3) is 3.49. The molecule has 9 heteroatoms. The molecule has 0 aromatic heterocycles. The third-order valence-corrected chi connectivity index (χ3v) is 5.27. The predicted molar refractivity (Wildman–Crippen MR) is 97.6 cm³/mol. The zero-order valence-corrected chi connectivity index (χ0v) is 15.7. The number of nitrogens with zero attached hydrogens (tertiary/aromatic N) is 1. The van der Waals surface area contributed by atoms with Crippen molar-refractivity contribution in [2.45, 2.75) is 30.7 Å². The Morgan fingerprint density at radius 2 is 1.93 bits per heavy atom. The summed E-state index contributed by atoms with van der Waals surface area (Å²) < 4.78 is 49.0. The normalized spacial score (nSPS) is 21.7. The highest BCUT2D eigenvalue weighted by Gasteiger charge is 2.58. The highest BCUT2D eigenvalue weighted by atomic mass is 19.4. The number of aryl methyl sites for hydroxylation is 1. The number of hydrogen-bond acceptors (Lipinski definition) is 5. The van der Waals surface area contributed by atoms with Crippen molar-refractivity contribution in [2.75, 3.05) is 13.2 Å². The molecule has 1 aliphatic carbocycles. The van der Waals surface area contributed by atoms with Crippen LogP contribution in [-0.4, -0.2) is 41.3 Å². The van der Waals surface area contributed by atoms with Crippen molar-refractivity contribution in [3.05, 3.63) is 65.2 Å². The van der Waals surface area contributed by atoms with E-state index in [0.717, 1.165) is 22.6 Å². The van der Waals surface area contributed by atoms with Gasteiger partial charge >= 0.3 is 12.3 Å². The van der Waals surface area contributed by atoms with Crippen LogP contribution in [0.5, 0.6) is 5.75 Å². The quantitative estimate of drug-likeness (QED) is 0.802. The number of carbonyl (C=O) groups is 2. The fourth-order valence-electron chi connectivity index (χ4n) is 3.83. The van der Waals surface area contributed by atoms with Crippen molar-refractivity contribution >= 4 is 12.0 Å². The van der Waals surface area contributed by atoms with Gasteiger partial charge in [0.2, 0.25) is 5.60 Å². The van der Waals surface area contributed by atoms with Crippen molar-refractivity contribution in [1.82, 2.24) is 4.90 Å². The molecule has 1 heterocycles. The van der Waals surface area contributed by atoms with Crippen LogP contribution in [0.25, 0.3) is 0 Å². The van der Waals surface area contributed by atoms with Gasteiger partial charge in [-0.05, 0) is 30.2 Å². The second kappa shape index (κ2) is 7.32. The number of ether oxygens (including phenoxy) is 2. The summed E-state index contributed by atoms with van der Waals surface area (Å²) in [7, 11) is 0. The molecule has 1 aliphatic heterocycles. The SMILES string of the molecule is O=C1OC2(CCc3ccccc32)C(=O)N1CC(O)COc1cccc(C(F)(F)F)c1. The Morgan fingerprint density at radius 3 is 2.70 bits per heavy atom. The number of aliphatic hydroxyl groups excluding tert-OH is 1. The number of fused-ring (bicyclic) bond motifs is 2. The fraction of sp³-hybridized carbons (Fsp3) is 0.333. The maximum absolute atomic E-state index is 13.0. The van der Waals surface area contributed by atoms with Crippen LogP contribution in [0.3, 0.4) is 0 Å². The first-order valence-electron chi connectivity index (χ1n) is 9.32. The minimum Gasteiger partial charge on any atom is -0.491 e. The smallest absolute Gasteiger partial charge is 0.418 e. The van der Waals surface area contributed by atoms with Gasteiger partial charge in [-0.1, -0.05) is 30.3 Å². The second-order valence-corrected chi connectivity index (χ2v) is 7.26. The summed E-state index contributed by atoms with van der Waals surface area (Å²) >= 11 is 0. The van der Waals surface area contributed by atoms with E-state index in [0.29, 0.717) is 18.4 Å². The molecule has 30 heavy (non-hydrogen) atoms.